The second-order valence-corrected chi connectivity index (χ2v) is 8.05. The molecule has 0 aromatic heterocycles. The van der Waals surface area contributed by atoms with Crippen molar-refractivity contribution in [2.45, 2.75) is 6.61 Å². The van der Waals surface area contributed by atoms with Crippen LogP contribution in [0.1, 0.15) is 16.7 Å². The first kappa shape index (κ1) is 20.6. The van der Waals surface area contributed by atoms with Gasteiger partial charge in [-0.3, -0.25) is 0 Å². The van der Waals surface area contributed by atoms with Crippen LogP contribution >= 0.6 is 43.5 Å². The number of rotatable bonds is 5. The van der Waals surface area contributed by atoms with Crippen molar-refractivity contribution in [1.82, 2.24) is 0 Å². The molecule has 0 heterocycles. The quantitative estimate of drug-likeness (QED) is 0.255. The first-order valence-electron chi connectivity index (χ1n) is 8.20. The smallest absolute Gasteiger partial charge is 0.148 e. The zero-order chi connectivity index (χ0) is 20.1. The molecule has 2 nitrogen and oxygen atoms in total. The molecular formula is C22H13Br2ClFNO. The van der Waals surface area contributed by atoms with Crippen LogP contribution < -0.4 is 4.74 Å². The summed E-state index contributed by atoms with van der Waals surface area (Å²) < 4.78 is 20.3. The third-order valence-electron chi connectivity index (χ3n) is 3.90. The average Bonchev–Trinajstić information content (AvgIpc) is 2.67. The number of nitriles is 1. The van der Waals surface area contributed by atoms with Crippen molar-refractivity contribution in [3.63, 3.8) is 0 Å². The Morgan fingerprint density at radius 3 is 2.21 bits per heavy atom. The van der Waals surface area contributed by atoms with Gasteiger partial charge in [0, 0.05) is 5.02 Å². The maximum absolute atomic E-state index is 13.0. The molecule has 0 fully saturated rings. The summed E-state index contributed by atoms with van der Waals surface area (Å²) in [5.74, 6) is 0.350. The second-order valence-electron chi connectivity index (χ2n) is 5.91. The fourth-order valence-electron chi connectivity index (χ4n) is 2.51. The van der Waals surface area contributed by atoms with Crippen LogP contribution in [0.2, 0.25) is 5.02 Å². The molecule has 0 N–H and O–H groups in total. The van der Waals surface area contributed by atoms with Gasteiger partial charge in [0.15, 0.2) is 0 Å². The first-order valence-corrected chi connectivity index (χ1v) is 10.2. The lowest BCUT2D eigenvalue weighted by atomic mass is 10.0. The summed E-state index contributed by atoms with van der Waals surface area (Å²) in [5.41, 5.74) is 3.00. The monoisotopic (exact) mass is 519 g/mol. The molecule has 0 saturated heterocycles. The Labute approximate surface area is 184 Å². The number of ether oxygens (including phenoxy) is 1. The van der Waals surface area contributed by atoms with Gasteiger partial charge in [-0.15, -0.1) is 0 Å². The maximum Gasteiger partial charge on any atom is 0.148 e. The Hall–Kier alpha value is -2.13. The van der Waals surface area contributed by atoms with E-state index >= 15 is 0 Å². The van der Waals surface area contributed by atoms with Crippen molar-refractivity contribution < 1.29 is 9.13 Å². The van der Waals surface area contributed by atoms with E-state index in [9.17, 15) is 9.65 Å². The lowest BCUT2D eigenvalue weighted by Crippen LogP contribution is -1.97. The molecule has 0 amide bonds. The molecule has 0 unspecified atom stereocenters. The van der Waals surface area contributed by atoms with Crippen LogP contribution in [0.25, 0.3) is 11.6 Å². The van der Waals surface area contributed by atoms with E-state index in [4.69, 9.17) is 16.3 Å². The van der Waals surface area contributed by atoms with Gasteiger partial charge < -0.3 is 4.74 Å². The molecular weight excluding hydrogens is 509 g/mol. The van der Waals surface area contributed by atoms with E-state index in [1.165, 1.54) is 12.1 Å². The van der Waals surface area contributed by atoms with Gasteiger partial charge >= 0.3 is 0 Å². The Bertz CT molecular complexity index is 1030. The van der Waals surface area contributed by atoms with E-state index in [2.05, 4.69) is 37.9 Å². The highest BCUT2D eigenvalue weighted by atomic mass is 79.9. The minimum atomic E-state index is -0.281. The summed E-state index contributed by atoms with van der Waals surface area (Å²) in [6, 6.07) is 19.2. The molecule has 140 valence electrons. The Morgan fingerprint density at radius 2 is 1.64 bits per heavy atom. The third kappa shape index (κ3) is 5.23. The van der Waals surface area contributed by atoms with E-state index in [1.54, 1.807) is 30.3 Å². The average molecular weight is 522 g/mol. The predicted molar refractivity (Wildman–Crippen MR) is 118 cm³/mol. The summed E-state index contributed by atoms with van der Waals surface area (Å²) in [5, 5.41) is 10.1. The van der Waals surface area contributed by atoms with Gasteiger partial charge in [-0.1, -0.05) is 35.9 Å². The number of benzene rings is 3. The first-order chi connectivity index (χ1) is 13.5. The Morgan fingerprint density at radius 1 is 1.04 bits per heavy atom. The summed E-state index contributed by atoms with van der Waals surface area (Å²) in [6.45, 7) is 0.306. The van der Waals surface area contributed by atoms with Crippen LogP contribution in [0.15, 0.2) is 69.6 Å². The fraction of sp³-hybridized carbons (Fsp3) is 0.0455. The Kier molecular flexibility index (Phi) is 6.90. The van der Waals surface area contributed by atoms with Crippen molar-refractivity contribution in [1.29, 1.82) is 5.26 Å². The Balaban J connectivity index is 1.83. The third-order valence-corrected chi connectivity index (χ3v) is 5.33. The standard InChI is InChI=1S/C22H13Br2ClFNO/c23-20-10-15(9-17(12-27)16-3-5-18(25)6-4-16)11-21(24)22(20)28-13-14-1-7-19(26)8-2-14/h1-11H,13H2/b17-9+. The molecule has 0 radical (unpaired) electrons. The van der Waals surface area contributed by atoms with Gasteiger partial charge in [0.05, 0.1) is 20.6 Å². The van der Waals surface area contributed by atoms with Crippen molar-refractivity contribution in [3.05, 3.63) is 97.1 Å². The van der Waals surface area contributed by atoms with Crippen molar-refractivity contribution in [2.75, 3.05) is 0 Å². The largest absolute Gasteiger partial charge is 0.487 e. The van der Waals surface area contributed by atoms with Crippen molar-refractivity contribution >= 4 is 55.1 Å². The molecule has 6 heteroatoms. The molecule has 28 heavy (non-hydrogen) atoms. The minimum Gasteiger partial charge on any atom is -0.487 e. The molecule has 3 aromatic rings. The summed E-state index contributed by atoms with van der Waals surface area (Å²) in [4.78, 5) is 0. The van der Waals surface area contributed by atoms with Gasteiger partial charge in [0.25, 0.3) is 0 Å². The zero-order valence-electron chi connectivity index (χ0n) is 14.4. The lowest BCUT2D eigenvalue weighted by molar-refractivity contribution is 0.302. The van der Waals surface area contributed by atoms with Crippen LogP contribution in [0.4, 0.5) is 4.39 Å². The van der Waals surface area contributed by atoms with Crippen LogP contribution in [0, 0.1) is 17.1 Å². The van der Waals surface area contributed by atoms with Crippen molar-refractivity contribution in [3.8, 4) is 11.8 Å². The van der Waals surface area contributed by atoms with E-state index in [1.807, 2.05) is 24.3 Å². The molecule has 3 aromatic carbocycles. The van der Waals surface area contributed by atoms with Crippen LogP contribution in [-0.2, 0) is 6.61 Å². The molecule has 0 aliphatic heterocycles. The highest BCUT2D eigenvalue weighted by molar-refractivity contribution is 9.11. The van der Waals surface area contributed by atoms with Crippen molar-refractivity contribution in [2.24, 2.45) is 0 Å². The predicted octanol–water partition coefficient (Wildman–Crippen LogP) is 7.65. The topological polar surface area (TPSA) is 33.0 Å². The van der Waals surface area contributed by atoms with E-state index in [0.717, 1.165) is 25.6 Å². The fourth-order valence-corrected chi connectivity index (χ4v) is 4.09. The molecule has 0 atom stereocenters. The molecule has 3 rings (SSSR count). The highest BCUT2D eigenvalue weighted by Gasteiger charge is 2.10. The molecule has 0 aliphatic rings. The second kappa shape index (κ2) is 9.38. The van der Waals surface area contributed by atoms with Gasteiger partial charge in [0.1, 0.15) is 18.2 Å². The summed E-state index contributed by atoms with van der Waals surface area (Å²) >= 11 is 12.9. The number of hydrogen-bond donors (Lipinski definition) is 0. The van der Waals surface area contributed by atoms with E-state index in [-0.39, 0.29) is 5.82 Å². The van der Waals surface area contributed by atoms with Crippen LogP contribution in [-0.4, -0.2) is 0 Å². The maximum atomic E-state index is 13.0. The van der Waals surface area contributed by atoms with E-state index < -0.39 is 0 Å². The minimum absolute atomic E-state index is 0.281. The summed E-state index contributed by atoms with van der Waals surface area (Å²) in [7, 11) is 0. The molecule has 0 saturated carbocycles. The van der Waals surface area contributed by atoms with E-state index in [0.29, 0.717) is 23.0 Å². The molecule has 0 bridgehead atoms. The summed E-state index contributed by atoms with van der Waals surface area (Å²) in [6.07, 6.45) is 1.79. The number of hydrogen-bond acceptors (Lipinski definition) is 2. The van der Waals surface area contributed by atoms with Gasteiger partial charge in [-0.2, -0.15) is 5.26 Å². The zero-order valence-corrected chi connectivity index (χ0v) is 18.4. The van der Waals surface area contributed by atoms with Gasteiger partial charge in [0.2, 0.25) is 0 Å². The molecule has 0 spiro atoms. The van der Waals surface area contributed by atoms with Crippen LogP contribution in [0.3, 0.4) is 0 Å². The number of nitrogens with zero attached hydrogens (tertiary/aromatic N) is 1. The van der Waals surface area contributed by atoms with Gasteiger partial charge in [-0.25, -0.2) is 4.39 Å². The number of halogens is 4. The van der Waals surface area contributed by atoms with Crippen LogP contribution in [0.5, 0.6) is 5.75 Å². The SMILES string of the molecule is N#C/C(=C\c1cc(Br)c(OCc2ccc(F)cc2)c(Br)c1)c1ccc(Cl)cc1. The highest BCUT2D eigenvalue weighted by Crippen LogP contribution is 2.36. The normalized spacial score (nSPS) is 11.2. The lowest BCUT2D eigenvalue weighted by Gasteiger charge is -2.12. The number of allylic oxidation sites excluding steroid dienone is 1. The van der Waals surface area contributed by atoms with Gasteiger partial charge in [-0.05, 0) is 91.0 Å². The molecule has 0 aliphatic carbocycles.